The van der Waals surface area contributed by atoms with E-state index in [1.807, 2.05) is 31.2 Å². The van der Waals surface area contributed by atoms with Gasteiger partial charge in [0.2, 0.25) is 5.95 Å². The van der Waals surface area contributed by atoms with Crippen molar-refractivity contribution in [2.75, 3.05) is 11.5 Å². The molecule has 0 radical (unpaired) electrons. The summed E-state index contributed by atoms with van der Waals surface area (Å²) in [6.07, 6.45) is 1.71. The van der Waals surface area contributed by atoms with Crippen molar-refractivity contribution < 1.29 is 0 Å². The highest BCUT2D eigenvalue weighted by Gasteiger charge is 2.08. The molecule has 0 aliphatic heterocycles. The lowest BCUT2D eigenvalue weighted by Crippen LogP contribution is -1.94. The SMILES string of the molecule is Cc1c(Cl)cc(N)cc1-c1ccc2nc(N)ncc2c1. The van der Waals surface area contributed by atoms with E-state index < -0.39 is 0 Å². The maximum atomic E-state index is 6.19. The summed E-state index contributed by atoms with van der Waals surface area (Å²) in [4.78, 5) is 8.20. The zero-order valence-corrected chi connectivity index (χ0v) is 11.6. The minimum Gasteiger partial charge on any atom is -0.399 e. The topological polar surface area (TPSA) is 77.8 Å². The Morgan fingerprint density at radius 3 is 2.70 bits per heavy atom. The second-order valence-corrected chi connectivity index (χ2v) is 5.08. The molecule has 1 heterocycles. The Morgan fingerprint density at radius 1 is 1.10 bits per heavy atom. The summed E-state index contributed by atoms with van der Waals surface area (Å²) in [7, 11) is 0. The monoisotopic (exact) mass is 284 g/mol. The predicted molar refractivity (Wildman–Crippen MR) is 83.5 cm³/mol. The highest BCUT2D eigenvalue weighted by molar-refractivity contribution is 6.32. The van der Waals surface area contributed by atoms with Crippen molar-refractivity contribution in [3.05, 3.63) is 47.1 Å². The molecule has 5 heteroatoms. The Kier molecular flexibility index (Phi) is 2.95. The third-order valence-electron chi connectivity index (χ3n) is 3.28. The van der Waals surface area contributed by atoms with Crippen LogP contribution in [0, 0.1) is 6.92 Å². The third-order valence-corrected chi connectivity index (χ3v) is 3.67. The zero-order valence-electron chi connectivity index (χ0n) is 10.9. The molecule has 0 aliphatic carbocycles. The standard InChI is InChI=1S/C15H13ClN4/c1-8-12(5-11(17)6-13(8)16)9-2-3-14-10(4-9)7-19-15(18)20-14/h2-7H,17H2,1H3,(H2,18,19,20). The first-order chi connectivity index (χ1) is 9.54. The minimum atomic E-state index is 0.272. The van der Waals surface area contributed by atoms with Gasteiger partial charge in [0, 0.05) is 22.3 Å². The number of anilines is 2. The Bertz CT molecular complexity index is 814. The van der Waals surface area contributed by atoms with Crippen LogP contribution in [0.5, 0.6) is 0 Å². The molecule has 0 saturated heterocycles. The summed E-state index contributed by atoms with van der Waals surface area (Å²) in [5, 5.41) is 1.59. The number of benzene rings is 2. The molecule has 0 fully saturated rings. The Labute approximate surface area is 121 Å². The second kappa shape index (κ2) is 4.65. The first kappa shape index (κ1) is 12.7. The van der Waals surface area contributed by atoms with Gasteiger partial charge in [-0.2, -0.15) is 0 Å². The van der Waals surface area contributed by atoms with Crippen molar-refractivity contribution in [1.29, 1.82) is 0 Å². The van der Waals surface area contributed by atoms with Gasteiger partial charge in [0.1, 0.15) is 0 Å². The van der Waals surface area contributed by atoms with Crippen molar-refractivity contribution in [1.82, 2.24) is 9.97 Å². The molecule has 100 valence electrons. The number of rotatable bonds is 1. The van der Waals surface area contributed by atoms with Gasteiger partial charge in [-0.3, -0.25) is 0 Å². The van der Waals surface area contributed by atoms with Gasteiger partial charge in [-0.25, -0.2) is 9.97 Å². The van der Waals surface area contributed by atoms with Crippen molar-refractivity contribution in [3.63, 3.8) is 0 Å². The molecule has 4 nitrogen and oxygen atoms in total. The molecule has 3 aromatic rings. The lowest BCUT2D eigenvalue weighted by atomic mass is 9.98. The largest absolute Gasteiger partial charge is 0.399 e. The fraction of sp³-hybridized carbons (Fsp3) is 0.0667. The van der Waals surface area contributed by atoms with Crippen LogP contribution in [-0.2, 0) is 0 Å². The van der Waals surface area contributed by atoms with E-state index >= 15 is 0 Å². The number of hydrogen-bond acceptors (Lipinski definition) is 4. The summed E-state index contributed by atoms with van der Waals surface area (Å²) in [6.45, 7) is 1.97. The molecule has 0 unspecified atom stereocenters. The van der Waals surface area contributed by atoms with Crippen LogP contribution < -0.4 is 11.5 Å². The summed E-state index contributed by atoms with van der Waals surface area (Å²) >= 11 is 6.19. The molecule has 0 amide bonds. The fourth-order valence-corrected chi connectivity index (χ4v) is 2.44. The van der Waals surface area contributed by atoms with Crippen LogP contribution in [0.2, 0.25) is 5.02 Å². The average molecular weight is 285 g/mol. The minimum absolute atomic E-state index is 0.272. The van der Waals surface area contributed by atoms with Crippen LogP contribution >= 0.6 is 11.6 Å². The van der Waals surface area contributed by atoms with Crippen molar-refractivity contribution >= 4 is 34.1 Å². The number of nitrogens with zero attached hydrogens (tertiary/aromatic N) is 2. The molecule has 0 aliphatic rings. The number of aromatic nitrogens is 2. The van der Waals surface area contributed by atoms with Crippen molar-refractivity contribution in [2.24, 2.45) is 0 Å². The molecule has 0 bridgehead atoms. The molecule has 3 rings (SSSR count). The van der Waals surface area contributed by atoms with Gasteiger partial charge < -0.3 is 11.5 Å². The van der Waals surface area contributed by atoms with Crippen LogP contribution in [0.3, 0.4) is 0 Å². The first-order valence-electron chi connectivity index (χ1n) is 6.13. The van der Waals surface area contributed by atoms with Gasteiger partial charge in [-0.1, -0.05) is 17.7 Å². The fourth-order valence-electron chi connectivity index (χ4n) is 2.21. The van der Waals surface area contributed by atoms with Crippen molar-refractivity contribution in [2.45, 2.75) is 6.92 Å². The van der Waals surface area contributed by atoms with Gasteiger partial charge >= 0.3 is 0 Å². The van der Waals surface area contributed by atoms with E-state index in [0.29, 0.717) is 10.7 Å². The summed E-state index contributed by atoms with van der Waals surface area (Å²) < 4.78 is 0. The number of hydrogen-bond donors (Lipinski definition) is 2. The van der Waals surface area contributed by atoms with E-state index in [2.05, 4.69) is 9.97 Å². The maximum Gasteiger partial charge on any atom is 0.220 e. The van der Waals surface area contributed by atoms with Crippen LogP contribution in [0.15, 0.2) is 36.5 Å². The van der Waals surface area contributed by atoms with E-state index in [0.717, 1.165) is 27.6 Å². The highest BCUT2D eigenvalue weighted by atomic mass is 35.5. The lowest BCUT2D eigenvalue weighted by molar-refractivity contribution is 1.24. The quantitative estimate of drug-likeness (QED) is 0.671. The number of halogens is 1. The third kappa shape index (κ3) is 2.14. The van der Waals surface area contributed by atoms with E-state index in [1.165, 1.54) is 0 Å². The van der Waals surface area contributed by atoms with Gasteiger partial charge in [-0.15, -0.1) is 0 Å². The van der Waals surface area contributed by atoms with E-state index in [9.17, 15) is 0 Å². The number of nitrogen functional groups attached to an aromatic ring is 2. The predicted octanol–water partition coefficient (Wildman–Crippen LogP) is 3.42. The first-order valence-corrected chi connectivity index (χ1v) is 6.50. The molecular weight excluding hydrogens is 272 g/mol. The van der Waals surface area contributed by atoms with E-state index in [1.54, 1.807) is 12.3 Å². The smallest absolute Gasteiger partial charge is 0.220 e. The molecule has 20 heavy (non-hydrogen) atoms. The zero-order chi connectivity index (χ0) is 14.3. The van der Waals surface area contributed by atoms with Gasteiger partial charge in [0.05, 0.1) is 5.52 Å². The highest BCUT2D eigenvalue weighted by Crippen LogP contribution is 2.32. The summed E-state index contributed by atoms with van der Waals surface area (Å²) in [5.74, 6) is 0.272. The molecule has 0 spiro atoms. The summed E-state index contributed by atoms with van der Waals surface area (Å²) in [6, 6.07) is 9.57. The molecule has 0 saturated carbocycles. The molecule has 0 atom stereocenters. The lowest BCUT2D eigenvalue weighted by Gasteiger charge is -2.10. The van der Waals surface area contributed by atoms with Crippen LogP contribution in [0.25, 0.3) is 22.0 Å². The normalized spacial score (nSPS) is 10.9. The van der Waals surface area contributed by atoms with Gasteiger partial charge in [0.25, 0.3) is 0 Å². The Hall–Kier alpha value is -2.33. The van der Waals surface area contributed by atoms with E-state index in [-0.39, 0.29) is 5.95 Å². The molecule has 1 aromatic heterocycles. The van der Waals surface area contributed by atoms with Gasteiger partial charge in [-0.05, 0) is 47.9 Å². The van der Waals surface area contributed by atoms with Crippen LogP contribution in [0.1, 0.15) is 5.56 Å². The molecule has 2 aromatic carbocycles. The van der Waals surface area contributed by atoms with Gasteiger partial charge in [0.15, 0.2) is 0 Å². The summed E-state index contributed by atoms with van der Waals surface area (Å²) in [5.41, 5.74) is 15.9. The average Bonchev–Trinajstić information content (AvgIpc) is 2.42. The molecule has 4 N–H and O–H groups in total. The van der Waals surface area contributed by atoms with E-state index in [4.69, 9.17) is 23.1 Å². The second-order valence-electron chi connectivity index (χ2n) is 4.68. The molecular formula is C15H13ClN4. The number of nitrogens with two attached hydrogens (primary N) is 2. The Balaban J connectivity index is 2.22. The number of fused-ring (bicyclic) bond motifs is 1. The van der Waals surface area contributed by atoms with Crippen molar-refractivity contribution in [3.8, 4) is 11.1 Å². The maximum absolute atomic E-state index is 6.19. The Morgan fingerprint density at radius 2 is 1.90 bits per heavy atom. The van der Waals surface area contributed by atoms with Crippen LogP contribution in [0.4, 0.5) is 11.6 Å². The van der Waals surface area contributed by atoms with Crippen LogP contribution in [-0.4, -0.2) is 9.97 Å².